The Kier molecular flexibility index (Phi) is 74.1. The molecule has 17 nitrogen and oxygen atoms in total. The molecule has 141 heavy (non-hydrogen) atoms. The van der Waals surface area contributed by atoms with E-state index in [4.69, 9.17) is 38.4 Å². The van der Waals surface area contributed by atoms with Crippen LogP contribution in [0.1, 0.15) is 429 Å². The van der Waals surface area contributed by atoms with E-state index >= 15 is 0 Å². The zero-order chi connectivity index (χ0) is 97.6. The normalized spacial score (nSPS) is 15.7. The van der Waals surface area contributed by atoms with Crippen LogP contribution in [0.15, 0.2) is 212 Å². The van der Waals surface area contributed by atoms with Gasteiger partial charge < -0.3 is 37.9 Å². The van der Waals surface area contributed by atoms with Crippen molar-refractivity contribution in [2.75, 3.05) is 7.11 Å². The van der Waals surface area contributed by atoms with Crippen LogP contribution < -0.4 is 0 Å². The third kappa shape index (κ3) is 46.2. The van der Waals surface area contributed by atoms with Crippen molar-refractivity contribution in [2.24, 2.45) is 56.7 Å². The summed E-state index contributed by atoms with van der Waals surface area (Å²) >= 11 is 0. The Balaban J connectivity index is -0.000000294. The highest BCUT2D eigenvalue weighted by atomic mass is 19.4. The van der Waals surface area contributed by atoms with E-state index in [2.05, 4.69) is 41.1 Å². The van der Waals surface area contributed by atoms with Gasteiger partial charge in [-0.2, -0.15) is 18.4 Å². The van der Waals surface area contributed by atoms with Crippen molar-refractivity contribution >= 4 is 47.8 Å². The lowest BCUT2D eigenvalue weighted by Crippen LogP contribution is -2.43. The molecule has 0 saturated heterocycles. The third-order valence-electron chi connectivity index (χ3n) is 26.2. The molecule has 7 aromatic carbocycles. The number of alkyl halides is 3. The molecule has 0 heterocycles. The van der Waals surface area contributed by atoms with Gasteiger partial charge in [0.1, 0.15) is 42.7 Å². The summed E-state index contributed by atoms with van der Waals surface area (Å²) in [4.78, 5) is 96.1. The molecule has 20 heteroatoms. The number of halogens is 3. The molecule has 0 aromatic heterocycles. The molecule has 10 rings (SSSR count). The van der Waals surface area contributed by atoms with Crippen molar-refractivity contribution in [1.29, 1.82) is 5.26 Å². The van der Waals surface area contributed by atoms with Crippen LogP contribution in [0.25, 0.3) is 0 Å². The molecule has 3 aliphatic carbocycles. The number of hydrogen-bond acceptors (Lipinski definition) is 17. The number of carbonyl (C=O) groups is 8. The molecular formula is C121H192F3NO16. The van der Waals surface area contributed by atoms with Crippen molar-refractivity contribution in [3.63, 3.8) is 0 Å². The molecule has 0 bridgehead atoms. The number of ether oxygens (including phenoxy) is 8. The number of hydrogen-bond donors (Lipinski definition) is 0. The second-order valence-corrected chi connectivity index (χ2v) is 36.7. The molecule has 0 spiro atoms. The number of nitrogens with zero attached hydrogens (tertiary/aromatic N) is 1. The zero-order valence-corrected chi connectivity index (χ0v) is 82.1. The first-order valence-corrected chi connectivity index (χ1v) is 47.5. The highest BCUT2D eigenvalue weighted by Gasteiger charge is 2.57. The van der Waals surface area contributed by atoms with Crippen LogP contribution >= 0.6 is 0 Å². The average Bonchev–Trinajstić information content (AvgIpc) is 0.827. The second kappa shape index (κ2) is 72.8. The lowest BCUT2D eigenvalue weighted by atomic mass is 9.82. The lowest BCUT2D eigenvalue weighted by molar-refractivity contribution is -0.233. The first-order valence-electron chi connectivity index (χ1n) is 47.5. The summed E-state index contributed by atoms with van der Waals surface area (Å²) < 4.78 is 82.2. The fourth-order valence-electron chi connectivity index (χ4n) is 14.4. The number of nitriles is 1. The molecular weight excluding hydrogens is 1780 g/mol. The number of carbonyl (C=O) groups excluding carboxylic acids is 8. The molecule has 798 valence electrons. The number of esters is 8. The standard InChI is InChI=1S/C19H28O2.2C18H26O2.C15H20O4.C14H17F3O2.C14H17NO2.C13H18O2.10CH4/c1-4-19(2,3)18(20)21-17(15-11-7-5-8-12-15)16-13-9-6-10-14-16;1-4-18(2,3)17(19)20-16(15-12-8-9-13-15)14-10-6-5-7-11-14;1-3-14(2)18(19)20-17(15-10-6-4-7-11-15)16-12-8-5-9-13-16;1-5-15(3,13(16)18-4)14(17)19-11(2)12-9-7-6-8-10-12;1-4-13(3,14(15,16)17)12(18)19-10(2)11-8-6-5-7-9-11;1-4-14(3,10-15)13(16)17-11(2)12-8-6-5-7-9-12;1-4-10(2)13(14)15-11(3)12-8-6-5-7-9-12;;;;;;;;;;/h5,7-8,11-12,16-17H,4,6,9-10,13-14H2,1-3H3;5-7,10-11,15-16H,4,8-9,12-13H2,1-3H3;4,6-7,10-11,14,16-17H,3,5,8-9,12-13H2,1-2H3;6-11H,5H2,1-4H3;5-10H,4H2,1-3H3;5-9,11H,4H2,1-3H3;5-11H,4H2,1-3H3;10*1H4. The maximum atomic E-state index is 12.9. The minimum absolute atomic E-state index is 0. The second-order valence-electron chi connectivity index (χ2n) is 36.7. The Bertz CT molecular complexity index is 4460. The van der Waals surface area contributed by atoms with E-state index in [0.717, 1.165) is 66.0 Å². The summed E-state index contributed by atoms with van der Waals surface area (Å²) in [7, 11) is 1.27. The Hall–Kier alpha value is -10.4. The summed E-state index contributed by atoms with van der Waals surface area (Å²) in [5.74, 6) is -1.71. The smallest absolute Gasteiger partial charge is 0.404 e. The average molecular weight is 1970 g/mol. The molecule has 7 aromatic rings. The molecule has 0 amide bonds. The van der Waals surface area contributed by atoms with Gasteiger partial charge in [0.15, 0.2) is 16.2 Å². The Morgan fingerprint density at radius 1 is 0.305 bits per heavy atom. The zero-order valence-electron chi connectivity index (χ0n) is 82.1. The van der Waals surface area contributed by atoms with Crippen LogP contribution in [0.5, 0.6) is 0 Å². The van der Waals surface area contributed by atoms with Gasteiger partial charge in [-0.25, -0.2) is 0 Å². The van der Waals surface area contributed by atoms with Crippen molar-refractivity contribution in [2.45, 2.75) is 396 Å². The Labute approximate surface area is 855 Å². The van der Waals surface area contributed by atoms with Crippen LogP contribution in [0.4, 0.5) is 13.2 Å². The Morgan fingerprint density at radius 2 is 0.546 bits per heavy atom. The summed E-state index contributed by atoms with van der Waals surface area (Å²) in [6.45, 7) is 35.7. The molecule has 3 fully saturated rings. The fourth-order valence-corrected chi connectivity index (χ4v) is 14.4. The van der Waals surface area contributed by atoms with Gasteiger partial charge in [0.05, 0.1) is 35.8 Å². The first kappa shape index (κ1) is 144. The summed E-state index contributed by atoms with van der Waals surface area (Å²) in [5.41, 5.74) is 1.38. The van der Waals surface area contributed by atoms with Gasteiger partial charge in [-0.1, -0.05) is 400 Å². The lowest BCUT2D eigenvalue weighted by Gasteiger charge is -2.33. The van der Waals surface area contributed by atoms with E-state index in [0.29, 0.717) is 36.2 Å². The molecule has 0 radical (unpaired) electrons. The predicted octanol–water partition coefficient (Wildman–Crippen LogP) is 35.2. The largest absolute Gasteiger partial charge is 0.468 e. The number of rotatable bonds is 32. The van der Waals surface area contributed by atoms with Gasteiger partial charge in [0.2, 0.25) is 0 Å². The Morgan fingerprint density at radius 3 is 0.780 bits per heavy atom. The predicted molar refractivity (Wildman–Crippen MR) is 578 cm³/mol. The molecule has 0 N–H and O–H groups in total. The highest BCUT2D eigenvalue weighted by Crippen LogP contribution is 2.45. The summed E-state index contributed by atoms with van der Waals surface area (Å²) in [5, 5.41) is 8.99. The van der Waals surface area contributed by atoms with Crippen LogP contribution in [0, 0.1) is 68.0 Å². The summed E-state index contributed by atoms with van der Waals surface area (Å²) in [6, 6.07) is 70.0. The molecule has 3 aliphatic rings. The van der Waals surface area contributed by atoms with Crippen molar-refractivity contribution in [1.82, 2.24) is 0 Å². The van der Waals surface area contributed by atoms with Crippen molar-refractivity contribution in [3.8, 4) is 6.07 Å². The van der Waals surface area contributed by atoms with Gasteiger partial charge in [-0.15, -0.1) is 0 Å². The van der Waals surface area contributed by atoms with Gasteiger partial charge >= 0.3 is 53.9 Å². The van der Waals surface area contributed by atoms with E-state index in [1.54, 1.807) is 78.8 Å². The van der Waals surface area contributed by atoms with Gasteiger partial charge in [0, 0.05) is 17.8 Å². The van der Waals surface area contributed by atoms with Gasteiger partial charge in [0.25, 0.3) is 0 Å². The van der Waals surface area contributed by atoms with Crippen LogP contribution in [-0.2, 0) is 76.3 Å². The molecule has 0 aliphatic heterocycles. The topological polar surface area (TPSA) is 234 Å². The molecule has 3 saturated carbocycles. The summed E-state index contributed by atoms with van der Waals surface area (Å²) in [6.07, 6.45) is 14.4. The van der Waals surface area contributed by atoms with Crippen LogP contribution in [-0.4, -0.2) is 61.0 Å². The number of methoxy groups -OCH3 is 1. The van der Waals surface area contributed by atoms with E-state index in [-0.39, 0.29) is 147 Å². The maximum Gasteiger partial charge on any atom is 0.404 e. The minimum Gasteiger partial charge on any atom is -0.468 e. The molecule has 12 unspecified atom stereocenters. The van der Waals surface area contributed by atoms with Crippen LogP contribution in [0.2, 0.25) is 0 Å². The fraction of sp³-hybridized carbons (Fsp3) is 0.579. The number of benzene rings is 7. The van der Waals surface area contributed by atoms with Gasteiger partial charge in [-0.05, 0) is 199 Å². The van der Waals surface area contributed by atoms with Gasteiger partial charge in [-0.3, -0.25) is 38.4 Å². The molecule has 12 atom stereocenters. The monoisotopic (exact) mass is 1970 g/mol. The van der Waals surface area contributed by atoms with E-state index in [1.807, 2.05) is 228 Å². The third-order valence-corrected chi connectivity index (χ3v) is 26.2. The van der Waals surface area contributed by atoms with E-state index in [9.17, 15) is 51.5 Å². The van der Waals surface area contributed by atoms with Crippen molar-refractivity contribution < 1.29 is 89.4 Å². The quantitative estimate of drug-likeness (QED) is 0.0216. The van der Waals surface area contributed by atoms with E-state index < -0.39 is 69.3 Å². The van der Waals surface area contributed by atoms with E-state index in [1.165, 1.54) is 104 Å². The van der Waals surface area contributed by atoms with Crippen LogP contribution in [0.3, 0.4) is 0 Å². The van der Waals surface area contributed by atoms with Crippen molar-refractivity contribution in [3.05, 3.63) is 251 Å². The SMILES string of the molecule is C.C.C.C.C.C.C.C.C.C.CCC(C)(C#N)C(=O)OC(C)c1ccccc1.CCC(C)(C(=O)OC(C)c1ccccc1)C(F)(F)F.CCC(C)(C(=O)OC)C(=O)OC(C)c1ccccc1.CCC(C)(C)C(=O)OC(c1ccccc1)C1CCCC1.CCC(C)(C)C(=O)OC(c1ccccc1)C1CCCCC1.CCC(C)C(=O)OC(C)c1ccccc1.CCC(C)C(=O)OC(c1ccccc1)C1CCCCC1. The maximum absolute atomic E-state index is 12.9. The minimum atomic E-state index is -4.62. The highest BCUT2D eigenvalue weighted by molar-refractivity contribution is 5.99. The first-order chi connectivity index (χ1) is 62.2.